The molecule has 5 nitrogen and oxygen atoms in total. The van der Waals surface area contributed by atoms with Crippen molar-refractivity contribution in [2.45, 2.75) is 19.4 Å². The van der Waals surface area contributed by atoms with Crippen LogP contribution < -0.4 is 5.73 Å². The number of nitrogens with one attached hydrogen (secondary N) is 1. The van der Waals surface area contributed by atoms with Crippen LogP contribution in [0.5, 0.6) is 0 Å². The average molecular weight is 228 g/mol. The Morgan fingerprint density at radius 3 is 2.69 bits per heavy atom. The predicted molar refractivity (Wildman–Crippen MR) is 65.9 cm³/mol. The Balaban J connectivity index is 2.17. The van der Waals surface area contributed by atoms with Crippen LogP contribution in [0.4, 0.5) is 0 Å². The minimum atomic E-state index is 0.269. The number of ether oxygens (including phenoxy) is 1. The van der Waals surface area contributed by atoms with Gasteiger partial charge in [-0.1, -0.05) is 0 Å². The van der Waals surface area contributed by atoms with Crippen molar-refractivity contribution in [2.75, 3.05) is 46.4 Å². The fraction of sp³-hybridized carbons (Fsp3) is 0.909. The third-order valence-corrected chi connectivity index (χ3v) is 3.14. The molecule has 1 rings (SSSR count). The van der Waals surface area contributed by atoms with Gasteiger partial charge in [-0.25, -0.2) is 0 Å². The number of amidine groups is 1. The normalized spacial score (nSPS) is 19.9. The topological polar surface area (TPSA) is 65.6 Å². The summed E-state index contributed by atoms with van der Waals surface area (Å²) in [6, 6.07) is 0.346. The molecule has 94 valence electrons. The highest BCUT2D eigenvalue weighted by atomic mass is 16.5. The lowest BCUT2D eigenvalue weighted by Crippen LogP contribution is -2.43. The molecule has 0 aliphatic carbocycles. The highest BCUT2D eigenvalue weighted by Gasteiger charge is 2.14. The maximum Gasteiger partial charge on any atom is 0.0920 e. The smallest absolute Gasteiger partial charge is 0.0920 e. The van der Waals surface area contributed by atoms with E-state index in [1.807, 2.05) is 0 Å². The molecule has 1 saturated heterocycles. The van der Waals surface area contributed by atoms with Crippen molar-refractivity contribution >= 4 is 5.84 Å². The molecular weight excluding hydrogens is 204 g/mol. The summed E-state index contributed by atoms with van der Waals surface area (Å²) < 4.78 is 5.31. The van der Waals surface area contributed by atoms with E-state index in [0.717, 1.165) is 39.4 Å². The minimum Gasteiger partial charge on any atom is -0.388 e. The van der Waals surface area contributed by atoms with Gasteiger partial charge in [0.25, 0.3) is 0 Å². The summed E-state index contributed by atoms with van der Waals surface area (Å²) in [5.74, 6) is 0.269. The van der Waals surface area contributed by atoms with Gasteiger partial charge in [0, 0.05) is 38.6 Å². The molecule has 0 aromatic rings. The molecule has 0 radical (unpaired) electrons. The molecule has 5 heteroatoms. The lowest BCUT2D eigenvalue weighted by Gasteiger charge is -2.30. The second-order valence-electron chi connectivity index (χ2n) is 4.51. The number of morpholine rings is 1. The molecule has 0 bridgehead atoms. The number of hydrogen-bond donors (Lipinski definition) is 2. The third-order valence-electron chi connectivity index (χ3n) is 3.14. The zero-order chi connectivity index (χ0) is 12.0. The first-order valence-electron chi connectivity index (χ1n) is 5.93. The van der Waals surface area contributed by atoms with Crippen molar-refractivity contribution in [1.29, 1.82) is 5.41 Å². The summed E-state index contributed by atoms with van der Waals surface area (Å²) in [5.41, 5.74) is 5.40. The lowest BCUT2D eigenvalue weighted by atomic mass is 10.2. The predicted octanol–water partition coefficient (Wildman–Crippen LogP) is -0.0350. The molecule has 1 aliphatic heterocycles. The van der Waals surface area contributed by atoms with Gasteiger partial charge < -0.3 is 15.4 Å². The third kappa shape index (κ3) is 4.92. The van der Waals surface area contributed by atoms with Crippen molar-refractivity contribution < 1.29 is 4.74 Å². The van der Waals surface area contributed by atoms with E-state index in [4.69, 9.17) is 15.9 Å². The van der Waals surface area contributed by atoms with Gasteiger partial charge in [-0.3, -0.25) is 10.3 Å². The van der Waals surface area contributed by atoms with Crippen LogP contribution in [0.15, 0.2) is 0 Å². The molecular formula is C11H24N4O. The van der Waals surface area contributed by atoms with Gasteiger partial charge in [-0.15, -0.1) is 0 Å². The van der Waals surface area contributed by atoms with E-state index in [9.17, 15) is 0 Å². The van der Waals surface area contributed by atoms with Gasteiger partial charge >= 0.3 is 0 Å². The van der Waals surface area contributed by atoms with Crippen LogP contribution in [0.2, 0.25) is 0 Å². The van der Waals surface area contributed by atoms with E-state index >= 15 is 0 Å². The van der Waals surface area contributed by atoms with Crippen molar-refractivity contribution in [3.05, 3.63) is 0 Å². The summed E-state index contributed by atoms with van der Waals surface area (Å²) >= 11 is 0. The van der Waals surface area contributed by atoms with E-state index in [-0.39, 0.29) is 5.84 Å². The van der Waals surface area contributed by atoms with Gasteiger partial charge in [0.05, 0.1) is 19.0 Å². The summed E-state index contributed by atoms with van der Waals surface area (Å²) in [6.07, 6.45) is 0.652. The van der Waals surface area contributed by atoms with Crippen LogP contribution in [0.25, 0.3) is 0 Å². The standard InChI is InChI=1S/C11H24N4O/c1-10(9-11(12)13)14(2)3-4-15-5-7-16-8-6-15/h10H,3-9H2,1-2H3,(H3,12,13). The van der Waals surface area contributed by atoms with Gasteiger partial charge in [0.1, 0.15) is 0 Å². The molecule has 16 heavy (non-hydrogen) atoms. The quantitative estimate of drug-likeness (QED) is 0.495. The molecule has 0 aromatic heterocycles. The summed E-state index contributed by atoms with van der Waals surface area (Å²) in [6.45, 7) is 7.99. The second-order valence-corrected chi connectivity index (χ2v) is 4.51. The van der Waals surface area contributed by atoms with E-state index in [1.54, 1.807) is 0 Å². The summed E-state index contributed by atoms with van der Waals surface area (Å²) in [7, 11) is 2.09. The first kappa shape index (κ1) is 13.4. The van der Waals surface area contributed by atoms with Crippen molar-refractivity contribution in [1.82, 2.24) is 9.80 Å². The van der Waals surface area contributed by atoms with Gasteiger partial charge in [-0.2, -0.15) is 0 Å². The monoisotopic (exact) mass is 228 g/mol. The van der Waals surface area contributed by atoms with Crippen LogP contribution in [-0.4, -0.2) is 68.1 Å². The Hall–Kier alpha value is -0.650. The van der Waals surface area contributed by atoms with E-state index < -0.39 is 0 Å². The lowest BCUT2D eigenvalue weighted by molar-refractivity contribution is 0.0331. The van der Waals surface area contributed by atoms with Crippen molar-refractivity contribution in [3.63, 3.8) is 0 Å². The minimum absolute atomic E-state index is 0.269. The van der Waals surface area contributed by atoms with Crippen LogP contribution >= 0.6 is 0 Å². The van der Waals surface area contributed by atoms with Crippen LogP contribution in [-0.2, 0) is 4.74 Å². The molecule has 1 fully saturated rings. The Kier molecular flexibility index (Phi) is 5.73. The molecule has 0 spiro atoms. The van der Waals surface area contributed by atoms with Gasteiger partial charge in [0.2, 0.25) is 0 Å². The average Bonchev–Trinajstić information content (AvgIpc) is 2.26. The van der Waals surface area contributed by atoms with Crippen LogP contribution in [0.1, 0.15) is 13.3 Å². The van der Waals surface area contributed by atoms with E-state index in [1.165, 1.54) is 0 Å². The molecule has 0 amide bonds. The number of rotatable bonds is 6. The number of hydrogen-bond acceptors (Lipinski definition) is 4. The molecule has 1 aliphatic rings. The maximum atomic E-state index is 7.27. The number of nitrogens with two attached hydrogens (primary N) is 1. The Labute approximate surface area is 98.0 Å². The van der Waals surface area contributed by atoms with Crippen LogP contribution in [0, 0.1) is 5.41 Å². The molecule has 0 aromatic carbocycles. The van der Waals surface area contributed by atoms with E-state index in [0.29, 0.717) is 12.5 Å². The fourth-order valence-corrected chi connectivity index (χ4v) is 1.82. The number of nitrogens with zero attached hydrogens (tertiary/aromatic N) is 2. The van der Waals surface area contributed by atoms with Gasteiger partial charge in [-0.05, 0) is 14.0 Å². The first-order valence-corrected chi connectivity index (χ1v) is 5.93. The summed E-state index contributed by atoms with van der Waals surface area (Å²) in [5, 5.41) is 7.27. The molecule has 1 unspecified atom stereocenters. The SMILES string of the molecule is CC(CC(=N)N)N(C)CCN1CCOCC1. The second kappa shape index (κ2) is 6.83. The van der Waals surface area contributed by atoms with E-state index in [2.05, 4.69) is 23.8 Å². The Morgan fingerprint density at radius 2 is 2.12 bits per heavy atom. The number of likely N-dealkylation sites (N-methyl/N-ethyl adjacent to an activating group) is 1. The zero-order valence-electron chi connectivity index (χ0n) is 10.4. The maximum absolute atomic E-state index is 7.27. The first-order chi connectivity index (χ1) is 7.59. The molecule has 0 saturated carbocycles. The Morgan fingerprint density at radius 1 is 1.50 bits per heavy atom. The molecule has 1 atom stereocenters. The zero-order valence-corrected chi connectivity index (χ0v) is 10.4. The fourth-order valence-electron chi connectivity index (χ4n) is 1.82. The summed E-state index contributed by atoms with van der Waals surface area (Å²) in [4.78, 5) is 4.68. The van der Waals surface area contributed by atoms with Crippen LogP contribution in [0.3, 0.4) is 0 Å². The van der Waals surface area contributed by atoms with Crippen molar-refractivity contribution in [2.24, 2.45) is 5.73 Å². The van der Waals surface area contributed by atoms with Crippen molar-refractivity contribution in [3.8, 4) is 0 Å². The molecule has 1 heterocycles. The molecule has 3 N–H and O–H groups in total. The Bertz CT molecular complexity index is 216. The van der Waals surface area contributed by atoms with Gasteiger partial charge in [0.15, 0.2) is 0 Å². The highest BCUT2D eigenvalue weighted by Crippen LogP contribution is 2.02. The highest BCUT2D eigenvalue weighted by molar-refractivity contribution is 5.77. The largest absolute Gasteiger partial charge is 0.388 e.